The summed E-state index contributed by atoms with van der Waals surface area (Å²) in [7, 11) is 3.21. The largest absolute Gasteiger partial charge is 0.493 e. The standard InChI is InChI=1S/C21H27NO4/c1-14-10-15(2)12-18(11-14)26-16(3)21(23)22-9-8-17-6-7-19(24-4)20(13-17)25-5/h6-7,10-13,16H,8-9H2,1-5H3,(H,22,23)/t16-/m0/s1. The molecule has 0 aromatic heterocycles. The van der Waals surface area contributed by atoms with E-state index >= 15 is 0 Å². The summed E-state index contributed by atoms with van der Waals surface area (Å²) in [5, 5.41) is 2.91. The molecule has 140 valence electrons. The second-order valence-corrected chi connectivity index (χ2v) is 6.31. The van der Waals surface area contributed by atoms with Crippen molar-refractivity contribution in [1.29, 1.82) is 0 Å². The molecule has 0 fully saturated rings. The number of hydrogen-bond acceptors (Lipinski definition) is 4. The van der Waals surface area contributed by atoms with Crippen LogP contribution >= 0.6 is 0 Å². The van der Waals surface area contributed by atoms with E-state index in [1.165, 1.54) is 0 Å². The van der Waals surface area contributed by atoms with E-state index in [1.807, 2.05) is 44.2 Å². The number of aryl methyl sites for hydroxylation is 2. The van der Waals surface area contributed by atoms with Gasteiger partial charge in [-0.15, -0.1) is 0 Å². The van der Waals surface area contributed by atoms with Crippen molar-refractivity contribution in [3.63, 3.8) is 0 Å². The monoisotopic (exact) mass is 357 g/mol. The minimum Gasteiger partial charge on any atom is -0.493 e. The summed E-state index contributed by atoms with van der Waals surface area (Å²) in [6.45, 7) is 6.29. The van der Waals surface area contributed by atoms with E-state index in [4.69, 9.17) is 14.2 Å². The Hall–Kier alpha value is -2.69. The fourth-order valence-corrected chi connectivity index (χ4v) is 2.77. The van der Waals surface area contributed by atoms with Crippen molar-refractivity contribution in [3.05, 3.63) is 53.1 Å². The van der Waals surface area contributed by atoms with E-state index in [0.29, 0.717) is 30.2 Å². The summed E-state index contributed by atoms with van der Waals surface area (Å²) in [6, 6.07) is 11.7. The maximum atomic E-state index is 12.3. The highest BCUT2D eigenvalue weighted by Gasteiger charge is 2.14. The highest BCUT2D eigenvalue weighted by atomic mass is 16.5. The van der Waals surface area contributed by atoms with Crippen molar-refractivity contribution >= 4 is 5.91 Å². The van der Waals surface area contributed by atoms with Gasteiger partial charge in [0.1, 0.15) is 5.75 Å². The van der Waals surface area contributed by atoms with Crippen LogP contribution in [0.4, 0.5) is 0 Å². The maximum Gasteiger partial charge on any atom is 0.260 e. The topological polar surface area (TPSA) is 56.8 Å². The molecule has 5 nitrogen and oxygen atoms in total. The normalized spacial score (nSPS) is 11.6. The van der Waals surface area contributed by atoms with E-state index in [1.54, 1.807) is 21.1 Å². The van der Waals surface area contributed by atoms with Gasteiger partial charge in [0.2, 0.25) is 0 Å². The maximum absolute atomic E-state index is 12.3. The highest BCUT2D eigenvalue weighted by molar-refractivity contribution is 5.80. The molecule has 0 aliphatic carbocycles. The minimum absolute atomic E-state index is 0.135. The van der Waals surface area contributed by atoms with Gasteiger partial charge in [-0.2, -0.15) is 0 Å². The van der Waals surface area contributed by atoms with E-state index in [2.05, 4.69) is 11.4 Å². The Kier molecular flexibility index (Phi) is 6.89. The molecule has 1 atom stereocenters. The summed E-state index contributed by atoms with van der Waals surface area (Å²) in [4.78, 5) is 12.3. The lowest BCUT2D eigenvalue weighted by molar-refractivity contribution is -0.127. The Labute approximate surface area is 155 Å². The molecule has 0 heterocycles. The van der Waals surface area contributed by atoms with Gasteiger partial charge in [-0.3, -0.25) is 4.79 Å². The van der Waals surface area contributed by atoms with Crippen LogP contribution in [0.15, 0.2) is 36.4 Å². The molecule has 0 aliphatic heterocycles. The van der Waals surface area contributed by atoms with Crippen LogP contribution in [0.5, 0.6) is 17.2 Å². The molecule has 1 amide bonds. The number of hydrogen-bond donors (Lipinski definition) is 1. The van der Waals surface area contributed by atoms with Crippen molar-refractivity contribution in [2.75, 3.05) is 20.8 Å². The Balaban J connectivity index is 1.86. The molecule has 5 heteroatoms. The number of benzene rings is 2. The van der Waals surface area contributed by atoms with Crippen LogP contribution in [-0.2, 0) is 11.2 Å². The molecule has 26 heavy (non-hydrogen) atoms. The van der Waals surface area contributed by atoms with Crippen LogP contribution in [0.3, 0.4) is 0 Å². The molecule has 2 aromatic carbocycles. The van der Waals surface area contributed by atoms with Crippen molar-refractivity contribution in [3.8, 4) is 17.2 Å². The number of nitrogens with one attached hydrogen (secondary N) is 1. The molecule has 0 unspecified atom stereocenters. The number of rotatable bonds is 8. The molecule has 0 aliphatic rings. The van der Waals surface area contributed by atoms with Crippen molar-refractivity contribution in [2.45, 2.75) is 33.3 Å². The lowest BCUT2D eigenvalue weighted by Gasteiger charge is -2.16. The molecule has 0 saturated heterocycles. The Bertz CT molecular complexity index is 737. The van der Waals surface area contributed by atoms with Gasteiger partial charge in [0.15, 0.2) is 17.6 Å². The van der Waals surface area contributed by atoms with Gasteiger partial charge in [0.25, 0.3) is 5.91 Å². The van der Waals surface area contributed by atoms with Gasteiger partial charge >= 0.3 is 0 Å². The molecule has 2 aromatic rings. The molecular weight excluding hydrogens is 330 g/mol. The predicted molar refractivity (Wildman–Crippen MR) is 102 cm³/mol. The number of carbonyl (C=O) groups excluding carboxylic acids is 1. The zero-order valence-electron chi connectivity index (χ0n) is 16.1. The third-order valence-electron chi connectivity index (χ3n) is 4.04. The van der Waals surface area contributed by atoms with E-state index in [0.717, 1.165) is 16.7 Å². The van der Waals surface area contributed by atoms with E-state index in [-0.39, 0.29) is 5.91 Å². The summed E-state index contributed by atoms with van der Waals surface area (Å²) < 4.78 is 16.3. The number of carbonyl (C=O) groups is 1. The van der Waals surface area contributed by atoms with E-state index in [9.17, 15) is 4.79 Å². The second kappa shape index (κ2) is 9.13. The molecule has 1 N–H and O–H groups in total. The quantitative estimate of drug-likeness (QED) is 0.786. The lowest BCUT2D eigenvalue weighted by Crippen LogP contribution is -2.37. The predicted octanol–water partition coefficient (Wildman–Crippen LogP) is 3.45. The van der Waals surface area contributed by atoms with E-state index < -0.39 is 6.10 Å². The van der Waals surface area contributed by atoms with Crippen LogP contribution in [-0.4, -0.2) is 32.8 Å². The van der Waals surface area contributed by atoms with Gasteiger partial charge < -0.3 is 19.5 Å². The summed E-state index contributed by atoms with van der Waals surface area (Å²) in [5.74, 6) is 1.95. The van der Waals surface area contributed by atoms with Gasteiger partial charge in [-0.25, -0.2) is 0 Å². The second-order valence-electron chi connectivity index (χ2n) is 6.31. The number of amides is 1. The zero-order chi connectivity index (χ0) is 19.1. The first-order valence-corrected chi connectivity index (χ1v) is 8.66. The smallest absolute Gasteiger partial charge is 0.260 e. The van der Waals surface area contributed by atoms with Crippen molar-refractivity contribution in [1.82, 2.24) is 5.32 Å². The van der Waals surface area contributed by atoms with Gasteiger partial charge in [0.05, 0.1) is 14.2 Å². The molecule has 0 saturated carbocycles. The SMILES string of the molecule is COc1ccc(CCNC(=O)[C@H](C)Oc2cc(C)cc(C)c2)cc1OC. The first kappa shape index (κ1) is 19.6. The first-order chi connectivity index (χ1) is 12.4. The fraction of sp³-hybridized carbons (Fsp3) is 0.381. The average molecular weight is 357 g/mol. The van der Waals surface area contributed by atoms with Gasteiger partial charge in [-0.05, 0) is 68.1 Å². The van der Waals surface area contributed by atoms with Crippen LogP contribution < -0.4 is 19.5 Å². The van der Waals surface area contributed by atoms with Crippen LogP contribution in [0.1, 0.15) is 23.6 Å². The van der Waals surface area contributed by atoms with Crippen LogP contribution in [0.25, 0.3) is 0 Å². The third kappa shape index (κ3) is 5.41. The third-order valence-corrected chi connectivity index (χ3v) is 4.04. The van der Waals surface area contributed by atoms with Crippen LogP contribution in [0, 0.1) is 13.8 Å². The van der Waals surface area contributed by atoms with Crippen LogP contribution in [0.2, 0.25) is 0 Å². The summed E-state index contributed by atoms with van der Waals surface area (Å²) in [5.41, 5.74) is 3.29. The Morgan fingerprint density at radius 1 is 1.00 bits per heavy atom. The molecular formula is C21H27NO4. The highest BCUT2D eigenvalue weighted by Crippen LogP contribution is 2.27. The Morgan fingerprint density at radius 3 is 2.27 bits per heavy atom. The summed E-state index contributed by atoms with van der Waals surface area (Å²) >= 11 is 0. The molecule has 0 radical (unpaired) electrons. The minimum atomic E-state index is -0.554. The average Bonchev–Trinajstić information content (AvgIpc) is 2.60. The molecule has 0 bridgehead atoms. The van der Waals surface area contributed by atoms with Gasteiger partial charge in [-0.1, -0.05) is 12.1 Å². The Morgan fingerprint density at radius 2 is 1.65 bits per heavy atom. The molecule has 2 rings (SSSR count). The summed E-state index contributed by atoms with van der Waals surface area (Å²) in [6.07, 6.45) is 0.143. The van der Waals surface area contributed by atoms with Gasteiger partial charge in [0, 0.05) is 6.54 Å². The number of ether oxygens (including phenoxy) is 3. The van der Waals surface area contributed by atoms with Crippen molar-refractivity contribution in [2.24, 2.45) is 0 Å². The lowest BCUT2D eigenvalue weighted by atomic mass is 10.1. The zero-order valence-corrected chi connectivity index (χ0v) is 16.1. The first-order valence-electron chi connectivity index (χ1n) is 8.66. The molecule has 0 spiro atoms. The number of methoxy groups -OCH3 is 2. The fourth-order valence-electron chi connectivity index (χ4n) is 2.77. The van der Waals surface area contributed by atoms with Crippen molar-refractivity contribution < 1.29 is 19.0 Å².